The Labute approximate surface area is 178 Å². The van der Waals surface area contributed by atoms with E-state index in [0.717, 1.165) is 16.6 Å². The minimum absolute atomic E-state index is 0.157. The van der Waals surface area contributed by atoms with E-state index < -0.39 is 12.0 Å². The van der Waals surface area contributed by atoms with Crippen molar-refractivity contribution in [3.05, 3.63) is 69.3 Å². The molecular formula is C21H19Cl2N3O3. The highest BCUT2D eigenvalue weighted by molar-refractivity contribution is 6.35. The number of ether oxygens (including phenoxy) is 2. The van der Waals surface area contributed by atoms with E-state index in [4.69, 9.17) is 32.7 Å². The maximum absolute atomic E-state index is 13.0. The molecule has 2 aromatic carbocycles. The van der Waals surface area contributed by atoms with Crippen molar-refractivity contribution < 1.29 is 14.3 Å². The molecule has 0 fully saturated rings. The molecule has 150 valence electrons. The predicted octanol–water partition coefficient (Wildman–Crippen LogP) is 4.82. The highest BCUT2D eigenvalue weighted by Gasteiger charge is 2.36. The van der Waals surface area contributed by atoms with Gasteiger partial charge in [-0.25, -0.2) is 9.78 Å². The number of aromatic nitrogens is 2. The van der Waals surface area contributed by atoms with Crippen LogP contribution < -0.4 is 5.32 Å². The lowest BCUT2D eigenvalue weighted by Crippen LogP contribution is -2.29. The number of methoxy groups -OCH3 is 1. The first-order valence-electron chi connectivity index (χ1n) is 9.07. The van der Waals surface area contributed by atoms with Gasteiger partial charge in [0.05, 0.1) is 29.3 Å². The number of halogens is 2. The van der Waals surface area contributed by atoms with Gasteiger partial charge in [0, 0.05) is 22.9 Å². The van der Waals surface area contributed by atoms with Crippen LogP contribution in [0.4, 0.5) is 5.95 Å². The van der Waals surface area contributed by atoms with Gasteiger partial charge in [0.15, 0.2) is 0 Å². The minimum atomic E-state index is -0.515. The summed E-state index contributed by atoms with van der Waals surface area (Å²) in [4.78, 5) is 17.7. The SMILES string of the molecule is COCCOC(=O)C1=C(C)Nc2nc3ccccc3n2[C@H]1c1ccc(Cl)cc1Cl. The van der Waals surface area contributed by atoms with Crippen LogP contribution in [-0.2, 0) is 14.3 Å². The summed E-state index contributed by atoms with van der Waals surface area (Å²) < 4.78 is 12.4. The molecule has 2 heterocycles. The zero-order chi connectivity index (χ0) is 20.5. The average Bonchev–Trinajstić information content (AvgIpc) is 3.05. The summed E-state index contributed by atoms with van der Waals surface area (Å²) in [5.74, 6) is 0.194. The number of para-hydroxylation sites is 2. The predicted molar refractivity (Wildman–Crippen MR) is 113 cm³/mol. The van der Waals surface area contributed by atoms with Gasteiger partial charge in [0.1, 0.15) is 6.61 Å². The minimum Gasteiger partial charge on any atom is -0.460 e. The maximum Gasteiger partial charge on any atom is 0.338 e. The van der Waals surface area contributed by atoms with E-state index in [1.807, 2.05) is 41.8 Å². The zero-order valence-corrected chi connectivity index (χ0v) is 17.4. The van der Waals surface area contributed by atoms with Gasteiger partial charge in [0.2, 0.25) is 5.95 Å². The number of rotatable bonds is 5. The quantitative estimate of drug-likeness (QED) is 0.463. The Hall–Kier alpha value is -2.54. The second-order valence-corrected chi connectivity index (χ2v) is 7.50. The largest absolute Gasteiger partial charge is 0.460 e. The summed E-state index contributed by atoms with van der Waals surface area (Å²) >= 11 is 12.7. The first kappa shape index (κ1) is 19.8. The molecule has 1 atom stereocenters. The second-order valence-electron chi connectivity index (χ2n) is 6.65. The normalized spacial score (nSPS) is 15.9. The van der Waals surface area contributed by atoms with Crippen molar-refractivity contribution in [1.29, 1.82) is 0 Å². The molecule has 8 heteroatoms. The van der Waals surface area contributed by atoms with Crippen LogP contribution in [0, 0.1) is 0 Å². The number of hydrogen-bond acceptors (Lipinski definition) is 5. The number of fused-ring (bicyclic) bond motifs is 3. The van der Waals surface area contributed by atoms with E-state index in [1.165, 1.54) is 0 Å². The third kappa shape index (κ3) is 3.59. The average molecular weight is 432 g/mol. The van der Waals surface area contributed by atoms with Crippen molar-refractivity contribution in [1.82, 2.24) is 9.55 Å². The summed E-state index contributed by atoms with van der Waals surface area (Å²) in [5, 5.41) is 4.21. The summed E-state index contributed by atoms with van der Waals surface area (Å²) in [6, 6.07) is 12.5. The van der Waals surface area contributed by atoms with Crippen LogP contribution in [0.3, 0.4) is 0 Å². The molecule has 1 aliphatic heterocycles. The number of allylic oxidation sites excluding steroid dienone is 1. The van der Waals surface area contributed by atoms with Crippen molar-refractivity contribution in [2.75, 3.05) is 25.6 Å². The Morgan fingerprint density at radius 1 is 1.21 bits per heavy atom. The van der Waals surface area contributed by atoms with Gasteiger partial charge in [-0.1, -0.05) is 41.4 Å². The monoisotopic (exact) mass is 431 g/mol. The van der Waals surface area contributed by atoms with E-state index in [1.54, 1.807) is 19.2 Å². The molecule has 0 saturated heterocycles. The van der Waals surface area contributed by atoms with E-state index in [0.29, 0.717) is 33.9 Å². The second kappa shape index (κ2) is 8.06. The molecule has 1 aliphatic rings. The van der Waals surface area contributed by atoms with Crippen LogP contribution in [0.1, 0.15) is 18.5 Å². The molecule has 0 unspecified atom stereocenters. The Morgan fingerprint density at radius 2 is 2.00 bits per heavy atom. The van der Waals surface area contributed by atoms with Crippen LogP contribution in [0.5, 0.6) is 0 Å². The third-order valence-electron chi connectivity index (χ3n) is 4.83. The summed E-state index contributed by atoms with van der Waals surface area (Å²) in [6.45, 7) is 2.30. The third-order valence-corrected chi connectivity index (χ3v) is 5.39. The Kier molecular flexibility index (Phi) is 5.50. The highest BCUT2D eigenvalue weighted by atomic mass is 35.5. The van der Waals surface area contributed by atoms with Crippen molar-refractivity contribution in [3.8, 4) is 0 Å². The summed E-state index contributed by atoms with van der Waals surface area (Å²) in [7, 11) is 1.56. The lowest BCUT2D eigenvalue weighted by atomic mass is 9.95. The molecule has 29 heavy (non-hydrogen) atoms. The molecule has 0 bridgehead atoms. The number of esters is 1. The van der Waals surface area contributed by atoms with Crippen molar-refractivity contribution >= 4 is 46.2 Å². The van der Waals surface area contributed by atoms with Gasteiger partial charge >= 0.3 is 5.97 Å². The van der Waals surface area contributed by atoms with E-state index >= 15 is 0 Å². The number of nitrogens with one attached hydrogen (secondary N) is 1. The Morgan fingerprint density at radius 3 is 2.76 bits per heavy atom. The highest BCUT2D eigenvalue weighted by Crippen LogP contribution is 2.42. The molecule has 0 spiro atoms. The van der Waals surface area contributed by atoms with E-state index in [9.17, 15) is 4.79 Å². The van der Waals surface area contributed by atoms with Crippen molar-refractivity contribution in [2.45, 2.75) is 13.0 Å². The van der Waals surface area contributed by atoms with Gasteiger partial charge in [-0.3, -0.25) is 4.57 Å². The Bertz CT molecular complexity index is 1120. The number of anilines is 1. The van der Waals surface area contributed by atoms with Crippen LogP contribution in [0.15, 0.2) is 53.7 Å². The number of carbonyl (C=O) groups is 1. The molecule has 0 amide bonds. The van der Waals surface area contributed by atoms with Crippen LogP contribution in [0.25, 0.3) is 11.0 Å². The van der Waals surface area contributed by atoms with Crippen LogP contribution >= 0.6 is 23.2 Å². The first-order chi connectivity index (χ1) is 14.0. The first-order valence-corrected chi connectivity index (χ1v) is 9.82. The number of carbonyl (C=O) groups excluding carboxylic acids is 1. The topological polar surface area (TPSA) is 65.4 Å². The fourth-order valence-corrected chi connectivity index (χ4v) is 4.05. The number of hydrogen-bond donors (Lipinski definition) is 1. The molecule has 0 aliphatic carbocycles. The molecular weight excluding hydrogens is 413 g/mol. The van der Waals surface area contributed by atoms with E-state index in [-0.39, 0.29) is 6.61 Å². The maximum atomic E-state index is 13.0. The lowest BCUT2D eigenvalue weighted by molar-refractivity contribution is -0.140. The number of benzene rings is 2. The summed E-state index contributed by atoms with van der Waals surface area (Å²) in [5.41, 5.74) is 3.54. The Balaban J connectivity index is 1.90. The van der Waals surface area contributed by atoms with Gasteiger partial charge < -0.3 is 14.8 Å². The van der Waals surface area contributed by atoms with Gasteiger partial charge in [-0.2, -0.15) is 0 Å². The van der Waals surface area contributed by atoms with Crippen LogP contribution in [0.2, 0.25) is 10.0 Å². The number of imidazole rings is 1. The lowest BCUT2D eigenvalue weighted by Gasteiger charge is -2.30. The molecule has 4 rings (SSSR count). The number of nitrogens with zero attached hydrogens (tertiary/aromatic N) is 2. The van der Waals surface area contributed by atoms with Gasteiger partial charge in [-0.05, 0) is 36.8 Å². The van der Waals surface area contributed by atoms with Gasteiger partial charge in [0.25, 0.3) is 0 Å². The standard InChI is InChI=1S/C21H19Cl2N3O3/c1-12-18(20(27)29-10-9-28-2)19(14-8-7-13(22)11-15(14)23)26-17-6-4-3-5-16(17)25-21(26)24-12/h3-8,11,19H,9-10H2,1-2H3,(H,24,25)/t19-/m0/s1. The molecule has 1 aromatic heterocycles. The van der Waals surface area contributed by atoms with Gasteiger partial charge in [-0.15, -0.1) is 0 Å². The summed E-state index contributed by atoms with van der Waals surface area (Å²) in [6.07, 6.45) is 0. The fraction of sp³-hybridized carbons (Fsp3) is 0.238. The molecule has 0 saturated carbocycles. The van der Waals surface area contributed by atoms with E-state index in [2.05, 4.69) is 10.3 Å². The van der Waals surface area contributed by atoms with Crippen molar-refractivity contribution in [3.63, 3.8) is 0 Å². The van der Waals surface area contributed by atoms with Crippen molar-refractivity contribution in [2.24, 2.45) is 0 Å². The smallest absolute Gasteiger partial charge is 0.338 e. The van der Waals surface area contributed by atoms with Crippen LogP contribution in [-0.4, -0.2) is 35.8 Å². The molecule has 3 aromatic rings. The fourth-order valence-electron chi connectivity index (χ4n) is 3.54. The molecule has 1 N–H and O–H groups in total. The molecule has 0 radical (unpaired) electrons. The zero-order valence-electron chi connectivity index (χ0n) is 15.9. The molecule has 6 nitrogen and oxygen atoms in total.